The standard InChI is InChI=1S/C20H19N3O3/c1-12-6-8-13(9-7-12)15-10-16(23-19(22-15)18(21)24)20-25-11-14-4-2-3-5-17(14)26-20/h2-10,19-20,23H,11H2,1H3,(H2,21,24)/i/hD. The Hall–Kier alpha value is -3.12. The first-order valence-electron chi connectivity index (χ1n) is 8.77. The Morgan fingerprint density at radius 1 is 1.27 bits per heavy atom. The average Bonchev–Trinajstić information content (AvgIpc) is 2.68. The van der Waals surface area contributed by atoms with Crippen LogP contribution in [0.1, 0.15) is 16.7 Å². The van der Waals surface area contributed by atoms with Crippen LogP contribution in [0.4, 0.5) is 0 Å². The molecule has 2 unspecified atom stereocenters. The Bertz CT molecular complexity index is 940. The quantitative estimate of drug-likeness (QED) is 0.887. The molecule has 0 aromatic heterocycles. The minimum absolute atomic E-state index is 0.351. The van der Waals surface area contributed by atoms with Crippen LogP contribution in [0.15, 0.2) is 65.3 Å². The summed E-state index contributed by atoms with van der Waals surface area (Å²) in [5.41, 5.74) is 9.28. The van der Waals surface area contributed by atoms with Crippen molar-refractivity contribution in [3.8, 4) is 5.75 Å². The second-order valence-electron chi connectivity index (χ2n) is 6.22. The van der Waals surface area contributed by atoms with Crippen molar-refractivity contribution < 1.29 is 15.7 Å². The highest BCUT2D eigenvalue weighted by atomic mass is 16.7. The summed E-state index contributed by atoms with van der Waals surface area (Å²) in [6, 6.07) is 15.3. The molecule has 0 spiro atoms. The SMILES string of the molecule is [2H]N1C(C2OCc3ccccc3O2)=CC(c2ccc(C)cc2)=NC1C(N)=O. The number of aryl methyl sites for hydroxylation is 1. The van der Waals surface area contributed by atoms with Gasteiger partial charge in [0, 0.05) is 5.56 Å². The van der Waals surface area contributed by atoms with Crippen molar-refractivity contribution >= 4 is 11.6 Å². The predicted octanol–water partition coefficient (Wildman–Crippen LogP) is 2.02. The van der Waals surface area contributed by atoms with Crippen LogP contribution in [0.2, 0.25) is 1.41 Å². The smallest absolute Gasteiger partial charge is 0.262 e. The zero-order chi connectivity index (χ0) is 19.0. The molecule has 3 N–H and O–H groups in total. The van der Waals surface area contributed by atoms with E-state index in [9.17, 15) is 4.79 Å². The highest BCUT2D eigenvalue weighted by Crippen LogP contribution is 2.28. The van der Waals surface area contributed by atoms with Gasteiger partial charge in [0.05, 0.1) is 18.0 Å². The lowest BCUT2D eigenvalue weighted by molar-refractivity contribution is -0.120. The number of carbonyl (C=O) groups excluding carboxylic acids is 1. The normalized spacial score (nSPS) is 22.5. The first-order chi connectivity index (χ1) is 13.0. The van der Waals surface area contributed by atoms with Crippen LogP contribution in [0.3, 0.4) is 0 Å². The Balaban J connectivity index is 1.71. The van der Waals surface area contributed by atoms with Crippen molar-refractivity contribution in [2.45, 2.75) is 26.0 Å². The predicted molar refractivity (Wildman–Crippen MR) is 97.6 cm³/mol. The molecule has 0 fully saturated rings. The van der Waals surface area contributed by atoms with Crippen molar-refractivity contribution in [3.05, 3.63) is 77.0 Å². The van der Waals surface area contributed by atoms with E-state index in [-0.39, 0.29) is 0 Å². The van der Waals surface area contributed by atoms with Gasteiger partial charge in [-0.2, -0.15) is 0 Å². The van der Waals surface area contributed by atoms with Gasteiger partial charge in [-0.1, -0.05) is 48.0 Å². The van der Waals surface area contributed by atoms with Crippen LogP contribution in [0.5, 0.6) is 5.75 Å². The van der Waals surface area contributed by atoms with Gasteiger partial charge in [0.2, 0.25) is 6.29 Å². The highest BCUT2D eigenvalue weighted by Gasteiger charge is 2.30. The minimum Gasteiger partial charge on any atom is -0.459 e. The Labute approximate surface area is 152 Å². The Kier molecular flexibility index (Phi) is 3.88. The van der Waals surface area contributed by atoms with Gasteiger partial charge in [-0.05, 0) is 24.6 Å². The van der Waals surface area contributed by atoms with E-state index in [4.69, 9.17) is 16.6 Å². The molecule has 0 bridgehead atoms. The number of allylic oxidation sites excluding steroid dienone is 1. The number of hydrogen-bond acceptors (Lipinski definition) is 5. The third kappa shape index (κ3) is 3.19. The maximum Gasteiger partial charge on any atom is 0.262 e. The number of nitrogens with one attached hydrogen (secondary N) is 1. The van der Waals surface area contributed by atoms with Gasteiger partial charge in [-0.15, -0.1) is 0 Å². The summed E-state index contributed by atoms with van der Waals surface area (Å²) >= 11 is 0. The van der Waals surface area contributed by atoms with Crippen LogP contribution in [-0.2, 0) is 16.1 Å². The number of aliphatic imine (C=N–C) groups is 1. The fourth-order valence-corrected chi connectivity index (χ4v) is 2.85. The molecule has 6 nitrogen and oxygen atoms in total. The van der Waals surface area contributed by atoms with Crippen LogP contribution in [-0.4, -0.2) is 24.1 Å². The number of ether oxygens (including phenoxy) is 2. The molecule has 0 radical (unpaired) electrons. The molecule has 132 valence electrons. The molecule has 2 aliphatic heterocycles. The van der Waals surface area contributed by atoms with E-state index in [1.54, 1.807) is 6.08 Å². The lowest BCUT2D eigenvalue weighted by atomic mass is 10.1. The molecule has 6 heteroatoms. The molecule has 0 aliphatic carbocycles. The summed E-state index contributed by atoms with van der Waals surface area (Å²) in [6.07, 6.45) is -0.267. The second-order valence-corrected chi connectivity index (χ2v) is 6.22. The molecule has 4 rings (SSSR count). The van der Waals surface area contributed by atoms with Gasteiger partial charge in [-0.25, -0.2) is 0 Å². The zero-order valence-corrected chi connectivity index (χ0v) is 14.3. The van der Waals surface area contributed by atoms with Gasteiger partial charge < -0.3 is 20.5 Å². The summed E-state index contributed by atoms with van der Waals surface area (Å²) in [5.74, 6) is -0.0190. The summed E-state index contributed by atoms with van der Waals surface area (Å²) < 4.78 is 20.0. The molecule has 2 aromatic rings. The van der Waals surface area contributed by atoms with Crippen molar-refractivity contribution in [2.75, 3.05) is 0 Å². The molecule has 0 saturated carbocycles. The molecule has 2 aromatic carbocycles. The third-order valence-electron chi connectivity index (χ3n) is 4.26. The number of carbonyl (C=O) groups is 1. The minimum atomic E-state index is -1.15. The molecule has 2 aliphatic rings. The van der Waals surface area contributed by atoms with E-state index in [0.29, 0.717) is 23.8 Å². The Morgan fingerprint density at radius 3 is 2.81 bits per heavy atom. The van der Waals surface area contributed by atoms with Crippen LogP contribution in [0, 0.1) is 6.92 Å². The van der Waals surface area contributed by atoms with Crippen molar-refractivity contribution in [1.29, 1.82) is 0 Å². The van der Waals surface area contributed by atoms with Gasteiger partial charge in [0.15, 0.2) is 7.58 Å². The van der Waals surface area contributed by atoms with Gasteiger partial charge in [0.25, 0.3) is 5.91 Å². The van der Waals surface area contributed by atoms with Crippen LogP contribution in [0.25, 0.3) is 0 Å². The molecule has 1 amide bonds. The fourth-order valence-electron chi connectivity index (χ4n) is 2.85. The molecular weight excluding hydrogens is 330 g/mol. The van der Waals surface area contributed by atoms with E-state index >= 15 is 0 Å². The largest absolute Gasteiger partial charge is 0.459 e. The topological polar surface area (TPSA) is 85.9 Å². The number of fused-ring (bicyclic) bond motifs is 1. The van der Waals surface area contributed by atoms with Crippen LogP contribution < -0.4 is 15.8 Å². The monoisotopic (exact) mass is 350 g/mol. The number of nitrogens with zero attached hydrogens (tertiary/aromatic N) is 1. The van der Waals surface area contributed by atoms with E-state index in [1.807, 2.05) is 55.5 Å². The third-order valence-corrected chi connectivity index (χ3v) is 4.26. The molecule has 2 heterocycles. The maximum absolute atomic E-state index is 11.9. The maximum atomic E-state index is 11.9. The number of nitrogens with two attached hydrogens (primary N) is 1. The first kappa shape index (κ1) is 15.2. The van der Waals surface area contributed by atoms with Gasteiger partial charge in [-0.3, -0.25) is 9.79 Å². The number of primary amides is 1. The summed E-state index contributed by atoms with van der Waals surface area (Å²) in [7, 11) is 0. The first-order valence-corrected chi connectivity index (χ1v) is 8.33. The lowest BCUT2D eigenvalue weighted by Crippen LogP contribution is -2.46. The summed E-state index contributed by atoms with van der Waals surface area (Å²) in [5, 5.41) is 0.957. The zero-order valence-electron chi connectivity index (χ0n) is 15.3. The molecule has 2 atom stereocenters. The van der Waals surface area contributed by atoms with Gasteiger partial charge in [0.1, 0.15) is 5.75 Å². The molecule has 0 saturated heterocycles. The van der Waals surface area contributed by atoms with E-state index in [1.165, 1.54) is 0 Å². The fraction of sp³-hybridized carbons (Fsp3) is 0.200. The number of hydrogen-bond donors (Lipinski definition) is 2. The van der Waals surface area contributed by atoms with Crippen LogP contribution >= 0.6 is 0 Å². The molecule has 26 heavy (non-hydrogen) atoms. The van der Waals surface area contributed by atoms with Crippen molar-refractivity contribution in [2.24, 2.45) is 10.7 Å². The average molecular weight is 350 g/mol. The number of rotatable bonds is 3. The number of amides is 1. The highest BCUT2D eigenvalue weighted by molar-refractivity contribution is 6.10. The van der Waals surface area contributed by atoms with E-state index in [0.717, 1.165) is 22.0 Å². The van der Waals surface area contributed by atoms with E-state index in [2.05, 4.69) is 4.99 Å². The van der Waals surface area contributed by atoms with Crippen molar-refractivity contribution in [3.63, 3.8) is 0 Å². The van der Waals surface area contributed by atoms with E-state index < -0.39 is 18.4 Å². The molecular formula is C20H19N3O3. The summed E-state index contributed by atoms with van der Waals surface area (Å²) in [6.45, 7) is 2.34. The lowest BCUT2D eigenvalue weighted by Gasteiger charge is -2.31. The van der Waals surface area contributed by atoms with Gasteiger partial charge >= 0.3 is 0 Å². The second kappa shape index (κ2) is 6.65. The number of para-hydroxylation sites is 1. The Morgan fingerprint density at radius 2 is 2.04 bits per heavy atom. The number of benzene rings is 2. The summed E-state index contributed by atoms with van der Waals surface area (Å²) in [4.78, 5) is 16.2. The van der Waals surface area contributed by atoms with Crippen molar-refractivity contribution in [1.82, 2.24) is 5.31 Å².